The number of benzene rings is 2. The molecule has 0 bridgehead atoms. The first-order valence-electron chi connectivity index (χ1n) is 7.50. The average molecular weight is 333 g/mol. The van der Waals surface area contributed by atoms with Crippen molar-refractivity contribution < 1.29 is 9.53 Å². The van der Waals surface area contributed by atoms with E-state index in [1.165, 1.54) is 0 Å². The van der Waals surface area contributed by atoms with Gasteiger partial charge in [0.25, 0.3) is 0 Å². The third-order valence-electron chi connectivity index (χ3n) is 3.15. The monoisotopic (exact) mass is 332 g/mol. The Morgan fingerprint density at radius 1 is 1.17 bits per heavy atom. The number of carbonyl (C=O) groups is 1. The number of rotatable bonds is 6. The van der Waals surface area contributed by atoms with Crippen molar-refractivity contribution in [2.45, 2.75) is 26.9 Å². The highest BCUT2D eigenvalue weighted by atomic mass is 35.5. The minimum Gasteiger partial charge on any atom is -0.491 e. The van der Waals surface area contributed by atoms with Crippen LogP contribution in [0.3, 0.4) is 0 Å². The Morgan fingerprint density at radius 3 is 2.52 bits per heavy atom. The van der Waals surface area contributed by atoms with Crippen LogP contribution in [0.5, 0.6) is 5.75 Å². The van der Waals surface area contributed by atoms with Gasteiger partial charge >= 0.3 is 0 Å². The molecule has 0 saturated heterocycles. The third kappa shape index (κ3) is 5.49. The first-order valence-corrected chi connectivity index (χ1v) is 7.88. The lowest BCUT2D eigenvalue weighted by molar-refractivity contribution is -0.114. The average Bonchev–Trinajstić information content (AvgIpc) is 2.50. The van der Waals surface area contributed by atoms with Crippen molar-refractivity contribution in [2.24, 2.45) is 0 Å². The number of ether oxygens (including phenoxy) is 1. The van der Waals surface area contributed by atoms with Crippen LogP contribution in [0.15, 0.2) is 42.5 Å². The van der Waals surface area contributed by atoms with E-state index in [0.717, 1.165) is 22.7 Å². The molecule has 0 aliphatic heterocycles. The predicted molar refractivity (Wildman–Crippen MR) is 95.5 cm³/mol. The molecule has 0 atom stereocenters. The first-order chi connectivity index (χ1) is 10.9. The van der Waals surface area contributed by atoms with Crippen molar-refractivity contribution in [3.63, 3.8) is 0 Å². The van der Waals surface area contributed by atoms with Gasteiger partial charge in [-0.1, -0.05) is 17.7 Å². The molecule has 0 spiro atoms. The van der Waals surface area contributed by atoms with Crippen molar-refractivity contribution in [3.8, 4) is 5.75 Å². The van der Waals surface area contributed by atoms with Gasteiger partial charge in [0.15, 0.2) is 0 Å². The lowest BCUT2D eigenvalue weighted by atomic mass is 10.2. The van der Waals surface area contributed by atoms with Crippen LogP contribution in [0.4, 0.5) is 11.4 Å². The molecule has 0 aromatic heterocycles. The molecule has 0 fully saturated rings. The van der Waals surface area contributed by atoms with E-state index in [4.69, 9.17) is 16.3 Å². The number of hydrogen-bond donors (Lipinski definition) is 2. The highest BCUT2D eigenvalue weighted by Gasteiger charge is 2.06. The van der Waals surface area contributed by atoms with E-state index in [2.05, 4.69) is 10.6 Å². The van der Waals surface area contributed by atoms with Crippen LogP contribution in [0.25, 0.3) is 0 Å². The van der Waals surface area contributed by atoms with E-state index in [9.17, 15) is 4.79 Å². The van der Waals surface area contributed by atoms with Crippen molar-refractivity contribution in [3.05, 3.63) is 53.1 Å². The van der Waals surface area contributed by atoms with E-state index < -0.39 is 0 Å². The van der Waals surface area contributed by atoms with Crippen LogP contribution in [-0.2, 0) is 4.79 Å². The molecule has 0 radical (unpaired) electrons. The summed E-state index contributed by atoms with van der Waals surface area (Å²) >= 11 is 5.95. The molecule has 2 rings (SSSR count). The van der Waals surface area contributed by atoms with Gasteiger partial charge in [0, 0.05) is 16.4 Å². The van der Waals surface area contributed by atoms with Gasteiger partial charge in [0.1, 0.15) is 5.75 Å². The van der Waals surface area contributed by atoms with Gasteiger partial charge in [0.2, 0.25) is 5.91 Å². The second-order valence-electron chi connectivity index (χ2n) is 5.55. The second kappa shape index (κ2) is 7.88. The first kappa shape index (κ1) is 17.2. The molecule has 23 heavy (non-hydrogen) atoms. The predicted octanol–water partition coefficient (Wildman–Crippen LogP) is 4.49. The number of anilines is 2. The van der Waals surface area contributed by atoms with Crippen LogP contribution in [-0.4, -0.2) is 18.6 Å². The van der Waals surface area contributed by atoms with Gasteiger partial charge in [-0.3, -0.25) is 4.79 Å². The Kier molecular flexibility index (Phi) is 5.88. The maximum absolute atomic E-state index is 12.0. The third-order valence-corrected chi connectivity index (χ3v) is 3.39. The molecule has 0 heterocycles. The number of nitrogens with one attached hydrogen (secondary N) is 2. The van der Waals surface area contributed by atoms with Crippen LogP contribution < -0.4 is 15.4 Å². The van der Waals surface area contributed by atoms with Crippen LogP contribution >= 0.6 is 11.6 Å². The molecule has 122 valence electrons. The molecule has 0 unspecified atom stereocenters. The van der Waals surface area contributed by atoms with E-state index in [-0.39, 0.29) is 18.6 Å². The van der Waals surface area contributed by atoms with Crippen molar-refractivity contribution in [2.75, 3.05) is 17.2 Å². The number of carbonyl (C=O) groups excluding carboxylic acids is 1. The lowest BCUT2D eigenvalue weighted by Gasteiger charge is -2.12. The van der Waals surface area contributed by atoms with Gasteiger partial charge in [-0.2, -0.15) is 0 Å². The van der Waals surface area contributed by atoms with E-state index in [1.54, 1.807) is 12.1 Å². The van der Waals surface area contributed by atoms with Crippen molar-refractivity contribution in [1.29, 1.82) is 0 Å². The highest BCUT2D eigenvalue weighted by Crippen LogP contribution is 2.20. The summed E-state index contributed by atoms with van der Waals surface area (Å²) in [6.07, 6.45) is 0.139. The quantitative estimate of drug-likeness (QED) is 0.819. The van der Waals surface area contributed by atoms with E-state index in [0.29, 0.717) is 5.02 Å². The smallest absolute Gasteiger partial charge is 0.243 e. The molecule has 2 aromatic carbocycles. The number of amides is 1. The molecule has 0 aliphatic rings. The van der Waals surface area contributed by atoms with Gasteiger partial charge in [0.05, 0.1) is 12.6 Å². The fraction of sp³-hybridized carbons (Fsp3) is 0.278. The fourth-order valence-corrected chi connectivity index (χ4v) is 2.20. The van der Waals surface area contributed by atoms with Gasteiger partial charge < -0.3 is 15.4 Å². The Bertz CT molecular complexity index is 669. The topological polar surface area (TPSA) is 50.4 Å². The maximum Gasteiger partial charge on any atom is 0.243 e. The molecule has 0 aliphatic carbocycles. The van der Waals surface area contributed by atoms with Crippen molar-refractivity contribution >= 4 is 28.9 Å². The zero-order chi connectivity index (χ0) is 16.8. The standard InChI is InChI=1S/C18H21ClN2O2/c1-12(2)23-16-8-6-15(7-9-16)20-11-18(22)21-17-10-14(19)5-4-13(17)3/h4-10,12,20H,11H2,1-3H3,(H,21,22). The molecular weight excluding hydrogens is 312 g/mol. The summed E-state index contributed by atoms with van der Waals surface area (Å²) in [4.78, 5) is 12.0. The minimum atomic E-state index is -0.127. The zero-order valence-electron chi connectivity index (χ0n) is 13.5. The van der Waals surface area contributed by atoms with Crippen molar-refractivity contribution in [1.82, 2.24) is 0 Å². The summed E-state index contributed by atoms with van der Waals surface area (Å²) in [6.45, 7) is 6.06. The minimum absolute atomic E-state index is 0.127. The van der Waals surface area contributed by atoms with Gasteiger partial charge in [-0.25, -0.2) is 0 Å². The van der Waals surface area contributed by atoms with Gasteiger partial charge in [-0.05, 0) is 62.7 Å². The molecular formula is C18H21ClN2O2. The number of hydrogen-bond acceptors (Lipinski definition) is 3. The molecule has 5 heteroatoms. The molecule has 1 amide bonds. The normalized spacial score (nSPS) is 10.5. The Labute approximate surface area is 141 Å². The molecule has 2 aromatic rings. The Morgan fingerprint density at radius 2 is 1.87 bits per heavy atom. The second-order valence-corrected chi connectivity index (χ2v) is 5.99. The van der Waals surface area contributed by atoms with Gasteiger partial charge in [-0.15, -0.1) is 0 Å². The van der Waals surface area contributed by atoms with Crippen LogP contribution in [0, 0.1) is 6.92 Å². The molecule has 2 N–H and O–H groups in total. The summed E-state index contributed by atoms with van der Waals surface area (Å²) in [7, 11) is 0. The highest BCUT2D eigenvalue weighted by molar-refractivity contribution is 6.31. The molecule has 4 nitrogen and oxygen atoms in total. The maximum atomic E-state index is 12.0. The summed E-state index contributed by atoms with van der Waals surface area (Å²) in [5.41, 5.74) is 2.56. The van der Waals surface area contributed by atoms with Crippen LogP contribution in [0.1, 0.15) is 19.4 Å². The van der Waals surface area contributed by atoms with E-state index >= 15 is 0 Å². The summed E-state index contributed by atoms with van der Waals surface area (Å²) in [6, 6.07) is 12.9. The SMILES string of the molecule is Cc1ccc(Cl)cc1NC(=O)CNc1ccc(OC(C)C)cc1. The largest absolute Gasteiger partial charge is 0.491 e. The molecule has 0 saturated carbocycles. The fourth-order valence-electron chi connectivity index (χ4n) is 2.03. The van der Waals surface area contributed by atoms with Crippen LogP contribution in [0.2, 0.25) is 5.02 Å². The summed E-state index contributed by atoms with van der Waals surface area (Å²) < 4.78 is 5.58. The number of aryl methyl sites for hydroxylation is 1. The number of halogens is 1. The summed E-state index contributed by atoms with van der Waals surface area (Å²) in [5, 5.41) is 6.52. The van der Waals surface area contributed by atoms with E-state index in [1.807, 2.05) is 51.1 Å². The lowest BCUT2D eigenvalue weighted by Crippen LogP contribution is -2.22. The Balaban J connectivity index is 1.88. The zero-order valence-corrected chi connectivity index (χ0v) is 14.3. The summed E-state index contributed by atoms with van der Waals surface area (Å²) in [5.74, 6) is 0.683. The Hall–Kier alpha value is -2.20.